The summed E-state index contributed by atoms with van der Waals surface area (Å²) >= 11 is 0.954. The average molecular weight is 482 g/mol. The summed E-state index contributed by atoms with van der Waals surface area (Å²) in [6.45, 7) is 0.625. The van der Waals surface area contributed by atoms with Crippen LogP contribution in [0.4, 0.5) is 4.79 Å². The van der Waals surface area contributed by atoms with Crippen molar-refractivity contribution in [3.8, 4) is 11.5 Å². The zero-order valence-electron chi connectivity index (χ0n) is 19.1. The number of ether oxygens (including phenoxy) is 2. The van der Waals surface area contributed by atoms with E-state index in [0.29, 0.717) is 23.0 Å². The van der Waals surface area contributed by atoms with Crippen molar-refractivity contribution in [3.05, 3.63) is 113 Å². The molecule has 0 atom stereocenters. The lowest BCUT2D eigenvalue weighted by Gasteiger charge is -2.14. The molecular weight excluding hydrogens is 458 g/mol. The molecule has 0 aromatic heterocycles. The summed E-state index contributed by atoms with van der Waals surface area (Å²) in [5.74, 6) is 0.873. The lowest BCUT2D eigenvalue weighted by molar-refractivity contribution is -0.123. The third kappa shape index (κ3) is 4.93. The van der Waals surface area contributed by atoms with Crippen molar-refractivity contribution < 1.29 is 19.1 Å². The van der Waals surface area contributed by atoms with E-state index < -0.39 is 0 Å². The van der Waals surface area contributed by atoms with Crippen LogP contribution in [0.3, 0.4) is 0 Å². The molecule has 1 heterocycles. The minimum absolute atomic E-state index is 0.234. The Balaban J connectivity index is 1.37. The molecule has 5 nitrogen and oxygen atoms in total. The van der Waals surface area contributed by atoms with Gasteiger partial charge < -0.3 is 9.47 Å². The zero-order chi connectivity index (χ0) is 24.2. The van der Waals surface area contributed by atoms with Gasteiger partial charge in [-0.2, -0.15) is 0 Å². The summed E-state index contributed by atoms with van der Waals surface area (Å²) in [6.07, 6.45) is 1.73. The molecule has 0 bridgehead atoms. The van der Waals surface area contributed by atoms with Crippen LogP contribution in [-0.2, 0) is 17.9 Å². The number of benzene rings is 4. The van der Waals surface area contributed by atoms with E-state index in [1.807, 2.05) is 84.9 Å². The largest absolute Gasteiger partial charge is 0.493 e. The van der Waals surface area contributed by atoms with Crippen LogP contribution in [0, 0.1) is 0 Å². The predicted molar refractivity (Wildman–Crippen MR) is 139 cm³/mol. The fraction of sp³-hybridized carbons (Fsp3) is 0.103. The number of carbonyl (C=O) groups excluding carboxylic acids is 2. The highest BCUT2D eigenvalue weighted by molar-refractivity contribution is 8.18. The molecule has 4 aromatic carbocycles. The molecule has 5 rings (SSSR count). The summed E-state index contributed by atoms with van der Waals surface area (Å²) < 4.78 is 11.4. The fourth-order valence-corrected chi connectivity index (χ4v) is 4.86. The lowest BCUT2D eigenvalue weighted by Crippen LogP contribution is -2.27. The highest BCUT2D eigenvalue weighted by atomic mass is 32.2. The molecule has 0 saturated carbocycles. The number of thioether (sulfide) groups is 1. The average Bonchev–Trinajstić information content (AvgIpc) is 3.15. The van der Waals surface area contributed by atoms with E-state index >= 15 is 0 Å². The van der Waals surface area contributed by atoms with Gasteiger partial charge in [0.15, 0.2) is 11.5 Å². The molecule has 1 saturated heterocycles. The second kappa shape index (κ2) is 10.1. The van der Waals surface area contributed by atoms with E-state index in [2.05, 4.69) is 0 Å². The van der Waals surface area contributed by atoms with Crippen LogP contribution >= 0.6 is 11.8 Å². The highest BCUT2D eigenvalue weighted by Crippen LogP contribution is 2.36. The Morgan fingerprint density at radius 1 is 0.857 bits per heavy atom. The van der Waals surface area contributed by atoms with E-state index in [-0.39, 0.29) is 17.7 Å². The second-order valence-corrected chi connectivity index (χ2v) is 9.08. The van der Waals surface area contributed by atoms with Gasteiger partial charge in [-0.05, 0) is 57.4 Å². The number of rotatable bonds is 7. The monoisotopic (exact) mass is 481 g/mol. The van der Waals surface area contributed by atoms with Crippen molar-refractivity contribution in [2.75, 3.05) is 7.11 Å². The molecule has 2 amide bonds. The number of amides is 2. The minimum atomic E-state index is -0.296. The first kappa shape index (κ1) is 22.7. The molecule has 0 aliphatic carbocycles. The molecule has 1 aliphatic rings. The Labute approximate surface area is 208 Å². The molecule has 0 unspecified atom stereocenters. The number of carbonyl (C=O) groups is 2. The topological polar surface area (TPSA) is 55.8 Å². The quantitative estimate of drug-likeness (QED) is 0.276. The van der Waals surface area contributed by atoms with Crippen molar-refractivity contribution in [1.82, 2.24) is 4.90 Å². The number of fused-ring (bicyclic) bond motifs is 1. The maximum Gasteiger partial charge on any atom is 0.293 e. The van der Waals surface area contributed by atoms with Gasteiger partial charge in [0, 0.05) is 0 Å². The summed E-state index contributed by atoms with van der Waals surface area (Å²) in [4.78, 5) is 27.6. The van der Waals surface area contributed by atoms with Crippen LogP contribution in [0.1, 0.15) is 16.7 Å². The van der Waals surface area contributed by atoms with Crippen molar-refractivity contribution in [3.63, 3.8) is 0 Å². The fourth-order valence-electron chi connectivity index (χ4n) is 4.02. The maximum absolute atomic E-state index is 13.1. The maximum atomic E-state index is 13.1. The van der Waals surface area contributed by atoms with Crippen LogP contribution in [0.2, 0.25) is 0 Å². The molecular formula is C29H23NO4S. The minimum Gasteiger partial charge on any atom is -0.493 e. The lowest BCUT2D eigenvalue weighted by atomic mass is 10.0. The van der Waals surface area contributed by atoms with Gasteiger partial charge in [0.1, 0.15) is 6.61 Å². The summed E-state index contributed by atoms with van der Waals surface area (Å²) in [5, 5.41) is 1.84. The molecule has 1 aliphatic heterocycles. The van der Waals surface area contributed by atoms with Crippen molar-refractivity contribution in [2.45, 2.75) is 13.2 Å². The van der Waals surface area contributed by atoms with Gasteiger partial charge in [-0.15, -0.1) is 0 Å². The van der Waals surface area contributed by atoms with Crippen LogP contribution in [0.5, 0.6) is 11.5 Å². The first-order valence-corrected chi connectivity index (χ1v) is 12.0. The van der Waals surface area contributed by atoms with E-state index in [0.717, 1.165) is 39.2 Å². The second-order valence-electron chi connectivity index (χ2n) is 8.09. The van der Waals surface area contributed by atoms with E-state index in [9.17, 15) is 9.59 Å². The van der Waals surface area contributed by atoms with Crippen LogP contribution < -0.4 is 9.47 Å². The van der Waals surface area contributed by atoms with E-state index in [4.69, 9.17) is 9.47 Å². The Morgan fingerprint density at radius 2 is 1.63 bits per heavy atom. The predicted octanol–water partition coefficient (Wildman–Crippen LogP) is 6.66. The smallest absolute Gasteiger partial charge is 0.293 e. The van der Waals surface area contributed by atoms with Gasteiger partial charge in [0.2, 0.25) is 0 Å². The van der Waals surface area contributed by atoms with E-state index in [1.54, 1.807) is 19.3 Å². The standard InChI is InChI=1S/C29H23NO4S/c1-33-25-15-14-21(16-26(25)34-19-20-8-3-2-4-9-20)17-27-28(31)30(29(32)35-27)18-23-12-7-11-22-10-5-6-13-24(22)23/h2-17H,18-19H2,1H3/b27-17+. The van der Waals surface area contributed by atoms with Gasteiger partial charge >= 0.3 is 0 Å². The van der Waals surface area contributed by atoms with Gasteiger partial charge in [-0.1, -0.05) is 78.9 Å². The van der Waals surface area contributed by atoms with E-state index in [1.165, 1.54) is 4.90 Å². The zero-order valence-corrected chi connectivity index (χ0v) is 20.0. The van der Waals surface area contributed by atoms with Gasteiger partial charge in [0.05, 0.1) is 18.6 Å². The third-order valence-corrected chi connectivity index (χ3v) is 6.71. The molecule has 0 spiro atoms. The number of nitrogens with zero attached hydrogens (tertiary/aromatic N) is 1. The SMILES string of the molecule is COc1ccc(/C=C2/SC(=O)N(Cc3cccc4ccccc34)C2=O)cc1OCc1ccccc1. The molecule has 6 heteroatoms. The molecule has 174 valence electrons. The Kier molecular flexibility index (Phi) is 6.55. The number of methoxy groups -OCH3 is 1. The van der Waals surface area contributed by atoms with Gasteiger partial charge in [0.25, 0.3) is 11.1 Å². The number of hydrogen-bond donors (Lipinski definition) is 0. The molecule has 1 fully saturated rings. The Hall–Kier alpha value is -4.03. The molecule has 0 N–H and O–H groups in total. The molecule has 35 heavy (non-hydrogen) atoms. The van der Waals surface area contributed by atoms with Gasteiger partial charge in [-0.3, -0.25) is 14.5 Å². The number of hydrogen-bond acceptors (Lipinski definition) is 5. The summed E-state index contributed by atoms with van der Waals surface area (Å²) in [7, 11) is 1.59. The summed E-state index contributed by atoms with van der Waals surface area (Å²) in [6, 6.07) is 29.2. The third-order valence-electron chi connectivity index (χ3n) is 5.80. The van der Waals surface area contributed by atoms with Crippen molar-refractivity contribution in [2.24, 2.45) is 0 Å². The summed E-state index contributed by atoms with van der Waals surface area (Å²) in [5.41, 5.74) is 2.73. The van der Waals surface area contributed by atoms with Crippen molar-refractivity contribution in [1.29, 1.82) is 0 Å². The first-order chi connectivity index (χ1) is 17.1. The normalized spacial score (nSPS) is 14.7. The van der Waals surface area contributed by atoms with Crippen LogP contribution in [-0.4, -0.2) is 23.2 Å². The Morgan fingerprint density at radius 3 is 2.46 bits per heavy atom. The first-order valence-electron chi connectivity index (χ1n) is 11.2. The van der Waals surface area contributed by atoms with Crippen LogP contribution in [0.25, 0.3) is 16.8 Å². The molecule has 0 radical (unpaired) electrons. The number of imide groups is 1. The molecule has 4 aromatic rings. The highest BCUT2D eigenvalue weighted by Gasteiger charge is 2.35. The Bertz CT molecular complexity index is 1430. The van der Waals surface area contributed by atoms with Crippen LogP contribution in [0.15, 0.2) is 95.9 Å². The van der Waals surface area contributed by atoms with Gasteiger partial charge in [-0.25, -0.2) is 0 Å². The van der Waals surface area contributed by atoms with Crippen molar-refractivity contribution >= 4 is 39.8 Å².